The minimum Gasteiger partial charge on any atom is -0.333 e. The van der Waals surface area contributed by atoms with Crippen molar-refractivity contribution < 1.29 is 10.1 Å². The molecule has 120 valence electrons. The summed E-state index contributed by atoms with van der Waals surface area (Å²) in [7, 11) is 0. The van der Waals surface area contributed by atoms with Crippen molar-refractivity contribution in [2.45, 2.75) is 39.8 Å². The van der Waals surface area contributed by atoms with E-state index in [4.69, 9.17) is 0 Å². The van der Waals surface area contributed by atoms with Gasteiger partial charge in [-0.05, 0) is 27.7 Å². The molecule has 2 heteroatoms. The fourth-order valence-electron chi connectivity index (χ4n) is 3.88. The highest BCUT2D eigenvalue weighted by molar-refractivity contribution is 5.84. The van der Waals surface area contributed by atoms with Crippen LogP contribution in [0.2, 0.25) is 0 Å². The van der Waals surface area contributed by atoms with E-state index in [1.165, 1.54) is 22.3 Å². The molecule has 23 heavy (non-hydrogen) atoms. The van der Waals surface area contributed by atoms with Gasteiger partial charge in [-0.1, -0.05) is 59.7 Å². The maximum absolute atomic E-state index is 12.8. The summed E-state index contributed by atoms with van der Waals surface area (Å²) >= 11 is 0. The van der Waals surface area contributed by atoms with Gasteiger partial charge in [-0.2, -0.15) is 0 Å². The van der Waals surface area contributed by atoms with E-state index in [9.17, 15) is 4.79 Å². The number of Topliss-reactive ketones (excluding diaryl/α,β-unsaturated/α-hetero) is 1. The van der Waals surface area contributed by atoms with E-state index in [2.05, 4.69) is 81.5 Å². The Morgan fingerprint density at radius 3 is 1.61 bits per heavy atom. The molecule has 2 aromatic rings. The fraction of sp³-hybridized carbons (Fsp3) is 0.381. The number of ketones is 1. The lowest BCUT2D eigenvalue weighted by molar-refractivity contribution is -0.748. The second kappa shape index (κ2) is 6.29. The molecule has 1 aliphatic heterocycles. The van der Waals surface area contributed by atoms with Gasteiger partial charge in [0.05, 0.1) is 11.8 Å². The zero-order valence-electron chi connectivity index (χ0n) is 14.4. The van der Waals surface area contributed by atoms with Crippen molar-refractivity contribution in [1.29, 1.82) is 0 Å². The Morgan fingerprint density at radius 1 is 0.783 bits per heavy atom. The van der Waals surface area contributed by atoms with Crippen LogP contribution in [0.25, 0.3) is 0 Å². The monoisotopic (exact) mass is 308 g/mol. The van der Waals surface area contributed by atoms with E-state index in [-0.39, 0.29) is 23.9 Å². The molecule has 1 aliphatic rings. The van der Waals surface area contributed by atoms with Crippen LogP contribution in [0.15, 0.2) is 48.5 Å². The standard InChI is InChI=1S/C21H25NO/c1-13-7-5-9-17(11-13)19-15(3)21(23)16(4)20(22-19)18-10-6-8-14(2)12-18/h5-12,15-16,19-20,22H,1-4H3/p+1/t15-,16+,19-,20-/m1/s1. The third kappa shape index (κ3) is 3.09. The normalized spacial score (nSPS) is 27.9. The van der Waals surface area contributed by atoms with Gasteiger partial charge in [0.1, 0.15) is 12.1 Å². The molecule has 2 N–H and O–H groups in total. The molecular formula is C21H26NO+. The Bertz CT molecular complexity index is 662. The van der Waals surface area contributed by atoms with Gasteiger partial charge in [-0.15, -0.1) is 0 Å². The molecule has 0 radical (unpaired) electrons. The first kappa shape index (κ1) is 15.9. The molecule has 1 heterocycles. The Balaban J connectivity index is 1.97. The quantitative estimate of drug-likeness (QED) is 0.905. The Kier molecular flexibility index (Phi) is 4.36. The molecule has 3 rings (SSSR count). The largest absolute Gasteiger partial charge is 0.333 e. The van der Waals surface area contributed by atoms with Crippen molar-refractivity contribution in [3.05, 3.63) is 70.8 Å². The molecule has 0 aliphatic carbocycles. The van der Waals surface area contributed by atoms with E-state index in [0.29, 0.717) is 5.78 Å². The van der Waals surface area contributed by atoms with Gasteiger partial charge in [0.25, 0.3) is 0 Å². The van der Waals surface area contributed by atoms with Crippen LogP contribution in [0, 0.1) is 25.7 Å². The van der Waals surface area contributed by atoms with E-state index in [1.807, 2.05) is 0 Å². The second-order valence-electron chi connectivity index (χ2n) is 7.05. The van der Waals surface area contributed by atoms with Gasteiger partial charge in [-0.3, -0.25) is 4.79 Å². The molecule has 0 saturated carbocycles. The number of hydrogen-bond acceptors (Lipinski definition) is 1. The molecule has 1 fully saturated rings. The number of benzene rings is 2. The molecule has 0 unspecified atom stereocenters. The summed E-state index contributed by atoms with van der Waals surface area (Å²) in [6, 6.07) is 17.5. The maximum atomic E-state index is 12.8. The number of hydrogen-bond donors (Lipinski definition) is 1. The highest BCUT2D eigenvalue weighted by atomic mass is 16.1. The van der Waals surface area contributed by atoms with Gasteiger partial charge in [0, 0.05) is 11.1 Å². The zero-order chi connectivity index (χ0) is 16.6. The molecular weight excluding hydrogens is 282 g/mol. The van der Waals surface area contributed by atoms with Crippen molar-refractivity contribution in [3.8, 4) is 0 Å². The molecule has 2 nitrogen and oxygen atoms in total. The first-order valence-electron chi connectivity index (χ1n) is 8.49. The van der Waals surface area contributed by atoms with Crippen molar-refractivity contribution >= 4 is 5.78 Å². The molecule has 1 saturated heterocycles. The van der Waals surface area contributed by atoms with E-state index in [1.54, 1.807) is 0 Å². The number of rotatable bonds is 2. The summed E-state index contributed by atoms with van der Waals surface area (Å²) in [5, 5.41) is 2.40. The van der Waals surface area contributed by atoms with Crippen molar-refractivity contribution in [1.82, 2.24) is 0 Å². The van der Waals surface area contributed by atoms with Crippen molar-refractivity contribution in [3.63, 3.8) is 0 Å². The Hall–Kier alpha value is -1.93. The average Bonchev–Trinajstić information content (AvgIpc) is 2.53. The highest BCUT2D eigenvalue weighted by Gasteiger charge is 2.43. The molecule has 2 aromatic carbocycles. The molecule has 0 amide bonds. The van der Waals surface area contributed by atoms with Crippen LogP contribution < -0.4 is 5.32 Å². The second-order valence-corrected chi connectivity index (χ2v) is 7.05. The van der Waals surface area contributed by atoms with Crippen LogP contribution in [0.3, 0.4) is 0 Å². The third-order valence-corrected chi connectivity index (χ3v) is 5.24. The number of nitrogens with two attached hydrogens (primary N) is 1. The summed E-state index contributed by atoms with van der Waals surface area (Å²) in [5.74, 6) is 0.478. The van der Waals surface area contributed by atoms with Gasteiger partial charge in [0.2, 0.25) is 0 Å². The van der Waals surface area contributed by atoms with E-state index >= 15 is 0 Å². The molecule has 0 bridgehead atoms. The number of quaternary nitrogens is 1. The number of carbonyl (C=O) groups excluding carboxylic acids is 1. The lowest BCUT2D eigenvalue weighted by Gasteiger charge is -2.36. The number of piperidine rings is 1. The Morgan fingerprint density at radius 2 is 1.22 bits per heavy atom. The summed E-state index contributed by atoms with van der Waals surface area (Å²) in [5.41, 5.74) is 5.02. The van der Waals surface area contributed by atoms with Crippen LogP contribution >= 0.6 is 0 Å². The highest BCUT2D eigenvalue weighted by Crippen LogP contribution is 2.32. The van der Waals surface area contributed by atoms with E-state index < -0.39 is 0 Å². The Labute approximate surface area is 138 Å². The van der Waals surface area contributed by atoms with Crippen LogP contribution in [-0.2, 0) is 4.79 Å². The first-order valence-corrected chi connectivity index (χ1v) is 8.49. The fourth-order valence-corrected chi connectivity index (χ4v) is 3.88. The number of aryl methyl sites for hydroxylation is 2. The van der Waals surface area contributed by atoms with Gasteiger partial charge >= 0.3 is 0 Å². The predicted octanol–water partition coefficient (Wildman–Crippen LogP) is 3.50. The van der Waals surface area contributed by atoms with Gasteiger partial charge < -0.3 is 5.32 Å². The number of carbonyl (C=O) groups is 1. The zero-order valence-corrected chi connectivity index (χ0v) is 14.4. The lowest BCUT2D eigenvalue weighted by Crippen LogP contribution is -2.91. The summed E-state index contributed by atoms with van der Waals surface area (Å²) < 4.78 is 0. The van der Waals surface area contributed by atoms with E-state index in [0.717, 1.165) is 0 Å². The molecule has 0 aromatic heterocycles. The van der Waals surface area contributed by atoms with Crippen LogP contribution in [0.1, 0.15) is 48.2 Å². The van der Waals surface area contributed by atoms with Crippen LogP contribution in [0.4, 0.5) is 0 Å². The van der Waals surface area contributed by atoms with Crippen LogP contribution in [0.5, 0.6) is 0 Å². The minimum atomic E-state index is 0.0489. The lowest BCUT2D eigenvalue weighted by atomic mass is 9.76. The first-order chi connectivity index (χ1) is 11.0. The summed E-state index contributed by atoms with van der Waals surface area (Å²) in [6.45, 7) is 8.38. The predicted molar refractivity (Wildman–Crippen MR) is 93.1 cm³/mol. The minimum absolute atomic E-state index is 0.0489. The SMILES string of the molecule is Cc1cccc([C@@H]2[NH2+][C@@H](c3cccc(C)c3)[C@@H](C)C(=O)[C@H]2C)c1. The average molecular weight is 308 g/mol. The summed E-state index contributed by atoms with van der Waals surface area (Å²) in [6.07, 6.45) is 0. The molecule has 0 spiro atoms. The third-order valence-electron chi connectivity index (χ3n) is 5.24. The van der Waals surface area contributed by atoms with Gasteiger partial charge in [-0.25, -0.2) is 0 Å². The van der Waals surface area contributed by atoms with Crippen molar-refractivity contribution in [2.24, 2.45) is 11.8 Å². The van der Waals surface area contributed by atoms with Crippen LogP contribution in [-0.4, -0.2) is 5.78 Å². The van der Waals surface area contributed by atoms with Crippen molar-refractivity contribution in [2.75, 3.05) is 0 Å². The molecule has 4 atom stereocenters. The smallest absolute Gasteiger partial charge is 0.151 e. The maximum Gasteiger partial charge on any atom is 0.151 e. The topological polar surface area (TPSA) is 33.7 Å². The van der Waals surface area contributed by atoms with Gasteiger partial charge in [0.15, 0.2) is 5.78 Å². The summed E-state index contributed by atoms with van der Waals surface area (Å²) in [4.78, 5) is 12.8.